The van der Waals surface area contributed by atoms with Crippen LogP contribution in [0.5, 0.6) is 0 Å². The first-order valence-corrected chi connectivity index (χ1v) is 6.74. The molecule has 0 aromatic rings. The van der Waals surface area contributed by atoms with Crippen molar-refractivity contribution in [3.63, 3.8) is 0 Å². The number of carbonyl (C=O) groups excluding carboxylic acids is 2. The fraction of sp³-hybridized carbons (Fsp3) is 0.846. The van der Waals surface area contributed by atoms with Crippen molar-refractivity contribution in [2.75, 3.05) is 26.2 Å². The van der Waals surface area contributed by atoms with E-state index in [2.05, 4.69) is 5.32 Å². The van der Waals surface area contributed by atoms with Crippen LogP contribution in [0.1, 0.15) is 33.1 Å². The van der Waals surface area contributed by atoms with E-state index in [1.165, 1.54) is 0 Å². The van der Waals surface area contributed by atoms with Gasteiger partial charge in [-0.1, -0.05) is 0 Å². The second-order valence-electron chi connectivity index (χ2n) is 5.46. The van der Waals surface area contributed by atoms with E-state index in [4.69, 9.17) is 4.74 Å². The van der Waals surface area contributed by atoms with Crippen molar-refractivity contribution >= 4 is 11.9 Å². The number of nitrogens with zero attached hydrogens (tertiary/aromatic N) is 1. The molecule has 2 rings (SSSR count). The van der Waals surface area contributed by atoms with Crippen molar-refractivity contribution in [2.24, 2.45) is 5.41 Å². The van der Waals surface area contributed by atoms with E-state index in [9.17, 15) is 9.59 Å². The van der Waals surface area contributed by atoms with Gasteiger partial charge in [-0.15, -0.1) is 0 Å². The zero-order chi connectivity index (χ0) is 13.2. The zero-order valence-corrected chi connectivity index (χ0v) is 11.2. The summed E-state index contributed by atoms with van der Waals surface area (Å²) in [6.07, 6.45) is 2.86. The molecule has 1 N–H and O–H groups in total. The molecule has 0 aromatic heterocycles. The average Bonchev–Trinajstić information content (AvgIpc) is 3.08. The van der Waals surface area contributed by atoms with Gasteiger partial charge in [-0.25, -0.2) is 0 Å². The third-order valence-corrected chi connectivity index (χ3v) is 3.74. The normalized spacial score (nSPS) is 27.0. The summed E-state index contributed by atoms with van der Waals surface area (Å²) in [5.74, 6) is -0.199. The monoisotopic (exact) mass is 254 g/mol. The van der Waals surface area contributed by atoms with Gasteiger partial charge < -0.3 is 15.0 Å². The Hall–Kier alpha value is -1.10. The molecule has 1 saturated carbocycles. The second kappa shape index (κ2) is 5.26. The molecule has 18 heavy (non-hydrogen) atoms. The van der Waals surface area contributed by atoms with E-state index >= 15 is 0 Å². The lowest BCUT2D eigenvalue weighted by atomic mass is 9.88. The van der Waals surface area contributed by atoms with Crippen LogP contribution in [-0.2, 0) is 14.3 Å². The molecule has 0 spiro atoms. The van der Waals surface area contributed by atoms with Crippen LogP contribution in [0.15, 0.2) is 0 Å². The lowest BCUT2D eigenvalue weighted by Crippen LogP contribution is -2.47. The fourth-order valence-electron chi connectivity index (χ4n) is 2.44. The van der Waals surface area contributed by atoms with Gasteiger partial charge >= 0.3 is 5.97 Å². The topological polar surface area (TPSA) is 58.6 Å². The van der Waals surface area contributed by atoms with Gasteiger partial charge in [-0.2, -0.15) is 0 Å². The number of esters is 1. The molecule has 1 atom stereocenters. The van der Waals surface area contributed by atoms with Gasteiger partial charge in [-0.05, 0) is 39.7 Å². The summed E-state index contributed by atoms with van der Waals surface area (Å²) in [7, 11) is 0. The molecule has 2 fully saturated rings. The van der Waals surface area contributed by atoms with Crippen LogP contribution in [0.3, 0.4) is 0 Å². The molecule has 102 valence electrons. The van der Waals surface area contributed by atoms with E-state index in [0.717, 1.165) is 25.8 Å². The maximum Gasteiger partial charge on any atom is 0.325 e. The first-order chi connectivity index (χ1) is 8.57. The average molecular weight is 254 g/mol. The fourth-order valence-corrected chi connectivity index (χ4v) is 2.44. The number of carbonyl (C=O) groups is 2. The Bertz CT molecular complexity index is 333. The van der Waals surface area contributed by atoms with E-state index in [1.54, 1.807) is 11.8 Å². The third kappa shape index (κ3) is 2.83. The molecule has 1 saturated heterocycles. The largest absolute Gasteiger partial charge is 0.465 e. The van der Waals surface area contributed by atoms with Crippen molar-refractivity contribution in [1.29, 1.82) is 0 Å². The Morgan fingerprint density at radius 2 is 2.17 bits per heavy atom. The van der Waals surface area contributed by atoms with Gasteiger partial charge in [0.2, 0.25) is 5.91 Å². The van der Waals surface area contributed by atoms with E-state index in [-0.39, 0.29) is 29.9 Å². The number of hydrogen-bond donors (Lipinski definition) is 1. The maximum atomic E-state index is 12.6. The predicted octanol–water partition coefficient (Wildman–Crippen LogP) is 0.540. The highest BCUT2D eigenvalue weighted by atomic mass is 16.5. The number of ether oxygens (including phenoxy) is 1. The van der Waals surface area contributed by atoms with Gasteiger partial charge in [0.25, 0.3) is 0 Å². The predicted molar refractivity (Wildman–Crippen MR) is 67.0 cm³/mol. The SMILES string of the molecule is CCOC(=O)CN(C(=O)C1(C)CCNC1)C1CC1. The molecule has 5 nitrogen and oxygen atoms in total. The molecule has 5 heteroatoms. The Morgan fingerprint density at radius 1 is 1.44 bits per heavy atom. The van der Waals surface area contributed by atoms with Gasteiger partial charge in [0, 0.05) is 12.6 Å². The van der Waals surface area contributed by atoms with Crippen LogP contribution in [0.4, 0.5) is 0 Å². The number of hydrogen-bond acceptors (Lipinski definition) is 4. The van der Waals surface area contributed by atoms with Crippen molar-refractivity contribution in [3.8, 4) is 0 Å². The van der Waals surface area contributed by atoms with Crippen LogP contribution >= 0.6 is 0 Å². The summed E-state index contributed by atoms with van der Waals surface area (Å²) >= 11 is 0. The first-order valence-electron chi connectivity index (χ1n) is 6.74. The molecule has 1 aliphatic heterocycles. The van der Waals surface area contributed by atoms with Crippen molar-refractivity contribution in [3.05, 3.63) is 0 Å². The minimum Gasteiger partial charge on any atom is -0.465 e. The van der Waals surface area contributed by atoms with Gasteiger partial charge in [-0.3, -0.25) is 9.59 Å². The van der Waals surface area contributed by atoms with Crippen LogP contribution in [-0.4, -0.2) is 49.1 Å². The van der Waals surface area contributed by atoms with Gasteiger partial charge in [0.15, 0.2) is 0 Å². The van der Waals surface area contributed by atoms with Crippen LogP contribution in [0, 0.1) is 5.41 Å². The van der Waals surface area contributed by atoms with E-state index in [1.807, 2.05) is 6.92 Å². The summed E-state index contributed by atoms with van der Waals surface area (Å²) in [6, 6.07) is 0.249. The highest BCUT2D eigenvalue weighted by Crippen LogP contribution is 2.34. The number of amides is 1. The summed E-state index contributed by atoms with van der Waals surface area (Å²) in [6.45, 7) is 5.81. The molecular weight excluding hydrogens is 232 g/mol. The highest BCUT2D eigenvalue weighted by molar-refractivity contribution is 5.87. The lowest BCUT2D eigenvalue weighted by molar-refractivity contribution is -0.152. The van der Waals surface area contributed by atoms with E-state index < -0.39 is 0 Å². The minimum absolute atomic E-state index is 0.100. The Kier molecular flexibility index (Phi) is 3.90. The number of rotatable bonds is 5. The summed E-state index contributed by atoms with van der Waals surface area (Å²) in [5, 5.41) is 3.22. The molecule has 1 aliphatic carbocycles. The summed E-state index contributed by atoms with van der Waals surface area (Å²) in [4.78, 5) is 25.9. The Morgan fingerprint density at radius 3 is 2.67 bits per heavy atom. The Balaban J connectivity index is 2.00. The standard InChI is InChI=1S/C13H22N2O3/c1-3-18-11(16)8-15(10-4-5-10)12(17)13(2)6-7-14-9-13/h10,14H,3-9H2,1-2H3. The van der Waals surface area contributed by atoms with Gasteiger partial charge in [0.05, 0.1) is 12.0 Å². The van der Waals surface area contributed by atoms with E-state index in [0.29, 0.717) is 13.2 Å². The van der Waals surface area contributed by atoms with Crippen molar-refractivity contribution in [1.82, 2.24) is 10.2 Å². The summed E-state index contributed by atoms with van der Waals surface area (Å²) in [5.41, 5.74) is -0.352. The Labute approximate surface area is 108 Å². The highest BCUT2D eigenvalue weighted by Gasteiger charge is 2.44. The zero-order valence-electron chi connectivity index (χ0n) is 11.2. The second-order valence-corrected chi connectivity index (χ2v) is 5.46. The molecule has 2 aliphatic rings. The quantitative estimate of drug-likeness (QED) is 0.728. The van der Waals surface area contributed by atoms with Crippen LogP contribution in [0.25, 0.3) is 0 Å². The van der Waals surface area contributed by atoms with Gasteiger partial charge in [0.1, 0.15) is 6.54 Å². The molecule has 0 aromatic carbocycles. The van der Waals surface area contributed by atoms with Crippen molar-refractivity contribution in [2.45, 2.75) is 39.2 Å². The van der Waals surface area contributed by atoms with Crippen LogP contribution < -0.4 is 5.32 Å². The molecular formula is C13H22N2O3. The minimum atomic E-state index is -0.352. The molecule has 0 radical (unpaired) electrons. The molecule has 1 unspecified atom stereocenters. The van der Waals surface area contributed by atoms with Crippen LogP contribution in [0.2, 0.25) is 0 Å². The maximum absolute atomic E-state index is 12.6. The third-order valence-electron chi connectivity index (χ3n) is 3.74. The summed E-state index contributed by atoms with van der Waals surface area (Å²) < 4.78 is 4.95. The number of nitrogens with one attached hydrogen (secondary N) is 1. The molecule has 1 heterocycles. The lowest BCUT2D eigenvalue weighted by Gasteiger charge is -2.30. The molecule has 1 amide bonds. The molecule has 0 bridgehead atoms. The van der Waals surface area contributed by atoms with Crippen molar-refractivity contribution < 1.29 is 14.3 Å². The first kappa shape index (κ1) is 13.3. The smallest absolute Gasteiger partial charge is 0.325 e.